The Hall–Kier alpha value is -3.16. The van der Waals surface area contributed by atoms with Gasteiger partial charge in [-0.1, -0.05) is 64.0 Å². The smallest absolute Gasteiger partial charge is 0.310 e. The fourth-order valence-electron chi connectivity index (χ4n) is 3.64. The summed E-state index contributed by atoms with van der Waals surface area (Å²) in [6.07, 6.45) is 8.37. The molecule has 0 atom stereocenters. The van der Waals surface area contributed by atoms with Gasteiger partial charge in [-0.05, 0) is 29.7 Å². The molecule has 0 saturated heterocycles. The van der Waals surface area contributed by atoms with E-state index in [0.717, 1.165) is 25.7 Å². The summed E-state index contributed by atoms with van der Waals surface area (Å²) >= 11 is 0. The van der Waals surface area contributed by atoms with Crippen LogP contribution in [0.15, 0.2) is 36.4 Å². The number of nitro groups is 2. The van der Waals surface area contributed by atoms with Crippen molar-refractivity contribution in [1.82, 2.24) is 0 Å². The molecule has 2 aromatic carbocycles. The lowest BCUT2D eigenvalue weighted by atomic mass is 9.86. The number of unbranched alkanes of at least 4 members (excludes halogenated alkanes) is 6. The highest BCUT2D eigenvalue weighted by Crippen LogP contribution is 2.38. The van der Waals surface area contributed by atoms with Crippen LogP contribution in [0.1, 0.15) is 75.3 Å². The van der Waals surface area contributed by atoms with Gasteiger partial charge in [0.05, 0.1) is 9.85 Å². The zero-order chi connectivity index (χ0) is 22.1. The number of hydrogen-bond acceptors (Lipinski definition) is 6. The van der Waals surface area contributed by atoms with Crippen LogP contribution >= 0.6 is 0 Å². The number of benzene rings is 2. The van der Waals surface area contributed by atoms with E-state index in [4.69, 9.17) is 0 Å². The highest BCUT2D eigenvalue weighted by molar-refractivity contribution is 5.53. The van der Waals surface area contributed by atoms with Crippen molar-refractivity contribution in [2.75, 3.05) is 0 Å². The molecule has 0 aliphatic carbocycles. The minimum atomic E-state index is -0.650. The fourth-order valence-corrected chi connectivity index (χ4v) is 3.64. The van der Waals surface area contributed by atoms with Gasteiger partial charge in [-0.15, -0.1) is 0 Å². The first-order valence-corrected chi connectivity index (χ1v) is 10.3. The third-order valence-electron chi connectivity index (χ3n) is 5.29. The summed E-state index contributed by atoms with van der Waals surface area (Å²) in [5.41, 5.74) is 0.409. The lowest BCUT2D eigenvalue weighted by molar-refractivity contribution is -0.386. The van der Waals surface area contributed by atoms with Crippen molar-refractivity contribution in [3.8, 4) is 11.5 Å². The van der Waals surface area contributed by atoms with E-state index >= 15 is 0 Å². The first-order valence-electron chi connectivity index (χ1n) is 10.3. The summed E-state index contributed by atoms with van der Waals surface area (Å²) in [5.74, 6) is -1.16. The predicted molar refractivity (Wildman–Crippen MR) is 114 cm³/mol. The van der Waals surface area contributed by atoms with Gasteiger partial charge in [0.25, 0.3) is 0 Å². The molecule has 0 bridgehead atoms. The van der Waals surface area contributed by atoms with Crippen molar-refractivity contribution in [3.05, 3.63) is 67.8 Å². The lowest BCUT2D eigenvalue weighted by Gasteiger charge is -2.18. The van der Waals surface area contributed by atoms with Gasteiger partial charge in [0.1, 0.15) is 0 Å². The average Bonchev–Trinajstić information content (AvgIpc) is 2.71. The maximum Gasteiger partial charge on any atom is 0.310 e. The van der Waals surface area contributed by atoms with Gasteiger partial charge in [0.15, 0.2) is 11.5 Å². The molecule has 0 heterocycles. The molecule has 0 aliphatic heterocycles. The molecule has 8 nitrogen and oxygen atoms in total. The normalized spacial score (nSPS) is 11.0. The fraction of sp³-hybridized carbons (Fsp3) is 0.455. The van der Waals surface area contributed by atoms with E-state index in [1.165, 1.54) is 43.5 Å². The molecule has 2 aromatic rings. The molecular formula is C22H28N2O6. The van der Waals surface area contributed by atoms with Crippen LogP contribution in [-0.2, 0) is 0 Å². The molecule has 8 heteroatoms. The van der Waals surface area contributed by atoms with Gasteiger partial charge in [-0.3, -0.25) is 20.2 Å². The monoisotopic (exact) mass is 416 g/mol. The number of hydrogen-bond donors (Lipinski definition) is 2. The van der Waals surface area contributed by atoms with Gasteiger partial charge >= 0.3 is 11.4 Å². The molecule has 2 N–H and O–H groups in total. The molecule has 0 aliphatic rings. The zero-order valence-corrected chi connectivity index (χ0v) is 17.1. The van der Waals surface area contributed by atoms with E-state index < -0.39 is 32.7 Å². The van der Waals surface area contributed by atoms with Crippen LogP contribution in [0.5, 0.6) is 11.5 Å². The van der Waals surface area contributed by atoms with Crippen molar-refractivity contribution in [3.63, 3.8) is 0 Å². The summed E-state index contributed by atoms with van der Waals surface area (Å²) in [7, 11) is 0. The minimum absolute atomic E-state index is 0.320. The van der Waals surface area contributed by atoms with Crippen molar-refractivity contribution in [2.24, 2.45) is 0 Å². The predicted octanol–water partition coefficient (Wildman–Crippen LogP) is 6.19. The number of rotatable bonds is 12. The molecule has 0 amide bonds. The van der Waals surface area contributed by atoms with Gasteiger partial charge in [-0.25, -0.2) is 0 Å². The Balaban J connectivity index is 2.27. The van der Waals surface area contributed by atoms with Crippen molar-refractivity contribution >= 4 is 11.4 Å². The third kappa shape index (κ3) is 6.17. The Morgan fingerprint density at radius 2 is 1.20 bits per heavy atom. The van der Waals surface area contributed by atoms with E-state index in [9.17, 15) is 30.4 Å². The minimum Gasteiger partial charge on any atom is -0.502 e. The third-order valence-corrected chi connectivity index (χ3v) is 5.29. The Morgan fingerprint density at radius 1 is 0.767 bits per heavy atom. The maximum atomic E-state index is 11.2. The lowest BCUT2D eigenvalue weighted by Crippen LogP contribution is -2.04. The molecule has 0 spiro atoms. The average molecular weight is 416 g/mol. The van der Waals surface area contributed by atoms with Crippen LogP contribution < -0.4 is 0 Å². The largest absolute Gasteiger partial charge is 0.502 e. The van der Waals surface area contributed by atoms with Crippen LogP contribution in [-0.4, -0.2) is 20.1 Å². The molecule has 2 rings (SSSR count). The van der Waals surface area contributed by atoms with Gasteiger partial charge in [0, 0.05) is 18.1 Å². The second kappa shape index (κ2) is 11.1. The van der Waals surface area contributed by atoms with E-state index in [0.29, 0.717) is 17.5 Å². The van der Waals surface area contributed by atoms with E-state index in [1.807, 2.05) is 0 Å². The highest BCUT2D eigenvalue weighted by Gasteiger charge is 2.23. The number of phenols is 2. The number of aromatic hydroxyl groups is 2. The summed E-state index contributed by atoms with van der Waals surface area (Å²) < 4.78 is 0. The number of nitro benzene ring substituents is 2. The van der Waals surface area contributed by atoms with Crippen LogP contribution in [0, 0.1) is 20.2 Å². The Bertz CT molecular complexity index is 820. The maximum absolute atomic E-state index is 11.2. The molecule has 30 heavy (non-hydrogen) atoms. The van der Waals surface area contributed by atoms with E-state index in [2.05, 4.69) is 6.92 Å². The topological polar surface area (TPSA) is 127 Å². The van der Waals surface area contributed by atoms with Crippen LogP contribution in [0.3, 0.4) is 0 Å². The molecule has 0 aromatic heterocycles. The molecule has 0 saturated carbocycles. The summed E-state index contributed by atoms with van der Waals surface area (Å²) in [6.45, 7) is 2.16. The summed E-state index contributed by atoms with van der Waals surface area (Å²) in [6, 6.07) is 8.40. The number of nitrogens with zero attached hydrogens (tertiary/aromatic N) is 2. The Labute approximate surface area is 175 Å². The SMILES string of the molecule is CCCCCCCCCC(c1ccc(O)c([N+](=O)[O-])c1)c1ccc(O)c([N+](=O)[O-])c1. The molecular weight excluding hydrogens is 388 g/mol. The van der Waals surface area contributed by atoms with E-state index in [1.54, 1.807) is 12.1 Å². The van der Waals surface area contributed by atoms with Crippen LogP contribution in [0.2, 0.25) is 0 Å². The first-order chi connectivity index (χ1) is 14.3. The second-order valence-corrected chi connectivity index (χ2v) is 7.47. The van der Waals surface area contributed by atoms with Crippen molar-refractivity contribution in [2.45, 2.75) is 64.2 Å². The van der Waals surface area contributed by atoms with Gasteiger partial charge < -0.3 is 10.2 Å². The highest BCUT2D eigenvalue weighted by atomic mass is 16.6. The molecule has 0 radical (unpaired) electrons. The zero-order valence-electron chi connectivity index (χ0n) is 17.1. The van der Waals surface area contributed by atoms with Gasteiger partial charge in [0.2, 0.25) is 0 Å². The van der Waals surface area contributed by atoms with Crippen molar-refractivity contribution in [1.29, 1.82) is 0 Å². The molecule has 0 fully saturated rings. The summed E-state index contributed by atoms with van der Waals surface area (Å²) in [4.78, 5) is 21.2. The van der Waals surface area contributed by atoms with Crippen LogP contribution in [0.25, 0.3) is 0 Å². The Morgan fingerprint density at radius 3 is 1.63 bits per heavy atom. The van der Waals surface area contributed by atoms with E-state index in [-0.39, 0.29) is 5.92 Å². The molecule has 162 valence electrons. The second-order valence-electron chi connectivity index (χ2n) is 7.47. The van der Waals surface area contributed by atoms with Crippen molar-refractivity contribution < 1.29 is 20.1 Å². The number of phenolic OH excluding ortho intramolecular Hbond substituents is 2. The Kier molecular flexibility index (Phi) is 8.58. The van der Waals surface area contributed by atoms with Gasteiger partial charge in [-0.2, -0.15) is 0 Å². The standard InChI is InChI=1S/C22H28N2O6/c1-2-3-4-5-6-7-8-9-18(16-10-12-21(25)19(14-16)23(27)28)17-11-13-22(26)20(15-17)24(29)30/h10-15,18,25-26H,2-9H2,1H3. The quantitative estimate of drug-likeness (QED) is 0.241. The molecule has 0 unspecified atom stereocenters. The first kappa shape index (κ1) is 23.1. The summed E-state index contributed by atoms with van der Waals surface area (Å²) in [5, 5.41) is 42.0. The van der Waals surface area contributed by atoms with Crippen LogP contribution in [0.4, 0.5) is 11.4 Å².